The number of carbonyl (C=O) groups is 2. The highest BCUT2D eigenvalue weighted by Gasteiger charge is 2.20. The molecule has 1 rings (SSSR count). The highest BCUT2D eigenvalue weighted by atomic mass is 35.5. The van der Waals surface area contributed by atoms with E-state index in [2.05, 4.69) is 0 Å². The fourth-order valence-corrected chi connectivity index (χ4v) is 1.71. The van der Waals surface area contributed by atoms with E-state index in [9.17, 15) is 9.59 Å². The summed E-state index contributed by atoms with van der Waals surface area (Å²) in [7, 11) is 1.44. The van der Waals surface area contributed by atoms with Gasteiger partial charge in [-0.15, -0.1) is 0 Å². The molecule has 0 radical (unpaired) electrons. The monoisotopic (exact) mass is 281 g/mol. The fraction of sp³-hybridized carbons (Fsp3) is 0.111. The van der Waals surface area contributed by atoms with E-state index in [0.717, 1.165) is 0 Å². The van der Waals surface area contributed by atoms with Crippen LogP contribution in [0, 0.1) is 0 Å². The second kappa shape index (κ2) is 5.39. The van der Waals surface area contributed by atoms with Gasteiger partial charge in [0.05, 0.1) is 17.8 Å². The second-order valence-electron chi connectivity index (χ2n) is 2.66. The highest BCUT2D eigenvalue weighted by molar-refractivity contribution is 6.76. The third-order valence-corrected chi connectivity index (χ3v) is 2.38. The average Bonchev–Trinajstić information content (AvgIpc) is 2.16. The van der Waals surface area contributed by atoms with Crippen LogP contribution < -0.4 is 9.64 Å². The summed E-state index contributed by atoms with van der Waals surface area (Å²) in [5, 5.41) is -1.79. The Bertz CT molecular complexity index is 422. The molecule has 0 N–H and O–H groups in total. The summed E-state index contributed by atoms with van der Waals surface area (Å²) in [5.41, 5.74) is 0.172. The van der Waals surface area contributed by atoms with Crippen molar-refractivity contribution in [2.45, 2.75) is 0 Å². The van der Waals surface area contributed by atoms with Crippen molar-refractivity contribution < 1.29 is 14.3 Å². The molecule has 0 fully saturated rings. The maximum absolute atomic E-state index is 11.0. The lowest BCUT2D eigenvalue weighted by molar-refractivity contribution is 0.255. The number of nitrogens with zero attached hydrogens (tertiary/aromatic N) is 1. The topological polar surface area (TPSA) is 46.6 Å². The van der Waals surface area contributed by atoms with E-state index in [1.807, 2.05) is 0 Å². The van der Waals surface area contributed by atoms with Crippen molar-refractivity contribution >= 4 is 51.2 Å². The Labute approximate surface area is 107 Å². The second-order valence-corrected chi connectivity index (χ2v) is 3.71. The SMILES string of the molecule is COc1ccc(N(C(=O)Cl)C(=O)Cl)cc1Cl. The van der Waals surface area contributed by atoms with E-state index in [1.165, 1.54) is 25.3 Å². The summed E-state index contributed by atoms with van der Waals surface area (Å²) in [6.45, 7) is 0. The molecular weight excluding hydrogens is 276 g/mol. The molecule has 0 bridgehead atoms. The molecule has 7 heteroatoms. The molecule has 0 aliphatic heterocycles. The molecule has 0 heterocycles. The summed E-state index contributed by atoms with van der Waals surface area (Å²) in [5.74, 6) is 0.411. The first-order valence-electron chi connectivity index (χ1n) is 4.00. The van der Waals surface area contributed by atoms with E-state index < -0.39 is 10.7 Å². The van der Waals surface area contributed by atoms with Crippen molar-refractivity contribution in [3.63, 3.8) is 0 Å². The van der Waals surface area contributed by atoms with Gasteiger partial charge in [0, 0.05) is 0 Å². The summed E-state index contributed by atoms with van der Waals surface area (Å²) in [4.78, 5) is 22.5. The Balaban J connectivity index is 3.17. The van der Waals surface area contributed by atoms with Crippen molar-refractivity contribution in [3.8, 4) is 5.75 Å². The van der Waals surface area contributed by atoms with Gasteiger partial charge in [-0.1, -0.05) is 11.6 Å². The maximum atomic E-state index is 11.0. The normalized spacial score (nSPS) is 9.75. The van der Waals surface area contributed by atoms with Gasteiger partial charge in [0.1, 0.15) is 5.75 Å². The number of hydrogen-bond acceptors (Lipinski definition) is 3. The molecule has 0 aliphatic rings. The molecule has 0 unspecified atom stereocenters. The molecule has 86 valence electrons. The number of halogens is 3. The maximum Gasteiger partial charge on any atom is 0.328 e. The molecule has 0 atom stereocenters. The zero-order valence-corrected chi connectivity index (χ0v) is 10.3. The lowest BCUT2D eigenvalue weighted by Crippen LogP contribution is -2.28. The number of rotatable bonds is 2. The lowest BCUT2D eigenvalue weighted by atomic mass is 10.3. The van der Waals surface area contributed by atoms with Crippen LogP contribution in [0.2, 0.25) is 5.02 Å². The molecule has 1 aromatic carbocycles. The predicted octanol–water partition coefficient (Wildman–Crippen LogP) is 3.87. The number of benzene rings is 1. The Hall–Kier alpha value is -0.970. The van der Waals surface area contributed by atoms with Gasteiger partial charge < -0.3 is 4.74 Å². The summed E-state index contributed by atoms with van der Waals surface area (Å²) >= 11 is 16.2. The van der Waals surface area contributed by atoms with Crippen molar-refractivity contribution in [3.05, 3.63) is 23.2 Å². The Morgan fingerprint density at radius 3 is 2.19 bits per heavy atom. The number of anilines is 1. The minimum Gasteiger partial charge on any atom is -0.495 e. The van der Waals surface area contributed by atoms with E-state index in [1.54, 1.807) is 0 Å². The Morgan fingerprint density at radius 2 is 1.81 bits per heavy atom. The highest BCUT2D eigenvalue weighted by Crippen LogP contribution is 2.30. The first kappa shape index (κ1) is 13.1. The molecule has 0 aromatic heterocycles. The number of carbonyl (C=O) groups excluding carboxylic acids is 2. The molecular formula is C9H6Cl3NO3. The Morgan fingerprint density at radius 1 is 1.25 bits per heavy atom. The number of amides is 2. The minimum atomic E-state index is -1.01. The van der Waals surface area contributed by atoms with Crippen LogP contribution in [0.5, 0.6) is 5.75 Å². The standard InChI is InChI=1S/C9H6Cl3NO3/c1-16-7-3-2-5(4-6(7)10)13(8(11)14)9(12)15/h2-4H,1H3. The van der Waals surface area contributed by atoms with E-state index in [-0.39, 0.29) is 10.7 Å². The van der Waals surface area contributed by atoms with Crippen molar-refractivity contribution in [1.29, 1.82) is 0 Å². The van der Waals surface area contributed by atoms with Gasteiger partial charge in [0.15, 0.2) is 0 Å². The van der Waals surface area contributed by atoms with Crippen molar-refractivity contribution in [1.82, 2.24) is 0 Å². The van der Waals surface area contributed by atoms with Gasteiger partial charge in [-0.3, -0.25) is 9.59 Å². The Kier molecular flexibility index (Phi) is 4.41. The van der Waals surface area contributed by atoms with E-state index >= 15 is 0 Å². The van der Waals surface area contributed by atoms with Crippen molar-refractivity contribution in [2.24, 2.45) is 0 Å². The molecule has 1 aromatic rings. The van der Waals surface area contributed by atoms with Crippen LogP contribution >= 0.6 is 34.8 Å². The van der Waals surface area contributed by atoms with Crippen LogP contribution in [0.25, 0.3) is 0 Å². The summed E-state index contributed by atoms with van der Waals surface area (Å²) in [6.07, 6.45) is 0. The third kappa shape index (κ3) is 2.78. The smallest absolute Gasteiger partial charge is 0.328 e. The van der Waals surface area contributed by atoms with E-state index in [0.29, 0.717) is 10.6 Å². The largest absolute Gasteiger partial charge is 0.495 e. The predicted molar refractivity (Wildman–Crippen MR) is 63.0 cm³/mol. The lowest BCUT2D eigenvalue weighted by Gasteiger charge is -2.15. The van der Waals surface area contributed by atoms with Crippen LogP contribution in [0.3, 0.4) is 0 Å². The number of methoxy groups -OCH3 is 1. The van der Waals surface area contributed by atoms with Crippen LogP contribution in [0.15, 0.2) is 18.2 Å². The van der Waals surface area contributed by atoms with Crippen molar-refractivity contribution in [2.75, 3.05) is 12.0 Å². The van der Waals surface area contributed by atoms with Gasteiger partial charge in [-0.05, 0) is 41.4 Å². The molecule has 4 nitrogen and oxygen atoms in total. The molecule has 0 spiro atoms. The van der Waals surface area contributed by atoms with Gasteiger partial charge >= 0.3 is 10.7 Å². The number of imide groups is 1. The zero-order valence-electron chi connectivity index (χ0n) is 8.04. The van der Waals surface area contributed by atoms with Gasteiger partial charge in [0.25, 0.3) is 0 Å². The molecule has 0 saturated heterocycles. The number of ether oxygens (including phenoxy) is 1. The van der Waals surface area contributed by atoms with Crippen LogP contribution in [0.4, 0.5) is 15.3 Å². The average molecular weight is 283 g/mol. The first-order valence-corrected chi connectivity index (χ1v) is 5.13. The fourth-order valence-electron chi connectivity index (χ4n) is 1.07. The first-order chi connectivity index (χ1) is 7.47. The van der Waals surface area contributed by atoms with E-state index in [4.69, 9.17) is 39.5 Å². The molecule has 0 saturated carbocycles. The van der Waals surface area contributed by atoms with Gasteiger partial charge in [-0.2, -0.15) is 0 Å². The van der Waals surface area contributed by atoms with Crippen LogP contribution in [-0.2, 0) is 0 Å². The van der Waals surface area contributed by atoms with Gasteiger partial charge in [0.2, 0.25) is 0 Å². The quantitative estimate of drug-likeness (QED) is 0.611. The number of hydrogen-bond donors (Lipinski definition) is 0. The minimum absolute atomic E-state index is 0.172. The third-order valence-electron chi connectivity index (χ3n) is 1.75. The van der Waals surface area contributed by atoms with Gasteiger partial charge in [-0.25, -0.2) is 4.90 Å². The summed E-state index contributed by atoms with van der Waals surface area (Å²) in [6, 6.07) is 4.27. The molecule has 0 aliphatic carbocycles. The van der Waals surface area contributed by atoms with Crippen LogP contribution in [0.1, 0.15) is 0 Å². The summed E-state index contributed by atoms with van der Waals surface area (Å²) < 4.78 is 4.91. The van der Waals surface area contributed by atoms with Crippen LogP contribution in [-0.4, -0.2) is 17.8 Å². The molecule has 16 heavy (non-hydrogen) atoms. The molecule has 2 amide bonds. The zero-order chi connectivity index (χ0) is 12.3.